The Morgan fingerprint density at radius 1 is 1.07 bits per heavy atom. The van der Waals surface area contributed by atoms with E-state index in [9.17, 15) is 18.0 Å². The van der Waals surface area contributed by atoms with Crippen molar-refractivity contribution < 1.29 is 22.7 Å². The van der Waals surface area contributed by atoms with Gasteiger partial charge in [-0.25, -0.2) is 9.97 Å². The largest absolute Gasteiger partial charge is 0.416 e. The first kappa shape index (κ1) is 34.5. The van der Waals surface area contributed by atoms with Crippen LogP contribution in [0.4, 0.5) is 13.2 Å². The number of nitrogens with zero attached hydrogens (tertiary/aromatic N) is 5. The molecule has 2 saturated heterocycles. The minimum Gasteiger partial charge on any atom is -0.376 e. The van der Waals surface area contributed by atoms with E-state index in [4.69, 9.17) is 4.74 Å². The average molecular weight is 633 g/mol. The zero-order valence-corrected chi connectivity index (χ0v) is 26.5. The number of likely N-dealkylation sites (tertiary alicyclic amines) is 1. The molecule has 42 heavy (non-hydrogen) atoms. The standard InChI is InChI=1S/C30H40F3N5O2.2ClH/c1-6-40-25-16-22-15-23(30(31,32)33)7-8-24(22)27(25)38-14-13-37(17-19(38)2)29(5)9-11-36(12-10-29)28(39)26-20(3)34-18-35-21(26)4;;/h7-8,15,18-19,25,27H,6,9-14,16-17H2,1-5H3;2*1H/t19?,25-,27+;;/m0../s1. The van der Waals surface area contributed by atoms with Gasteiger partial charge in [0, 0.05) is 57.3 Å². The van der Waals surface area contributed by atoms with Crippen LogP contribution < -0.4 is 0 Å². The number of piperazine rings is 1. The Balaban J connectivity index is 0.00000242. The van der Waals surface area contributed by atoms with Crippen LogP contribution in [-0.2, 0) is 17.3 Å². The summed E-state index contributed by atoms with van der Waals surface area (Å²) < 4.78 is 46.3. The summed E-state index contributed by atoms with van der Waals surface area (Å²) in [5.41, 5.74) is 3.11. The quantitative estimate of drug-likeness (QED) is 0.424. The number of piperidine rings is 1. The molecule has 1 aromatic heterocycles. The van der Waals surface area contributed by atoms with Gasteiger partial charge in [0.2, 0.25) is 0 Å². The van der Waals surface area contributed by atoms with Crippen molar-refractivity contribution in [2.45, 2.75) is 83.8 Å². The lowest BCUT2D eigenvalue weighted by Crippen LogP contribution is -2.62. The number of halogens is 5. The van der Waals surface area contributed by atoms with Gasteiger partial charge >= 0.3 is 6.18 Å². The van der Waals surface area contributed by atoms with Crippen LogP contribution in [-0.4, -0.2) is 87.6 Å². The van der Waals surface area contributed by atoms with E-state index in [2.05, 4.69) is 33.6 Å². The minimum atomic E-state index is -4.35. The van der Waals surface area contributed by atoms with Gasteiger partial charge in [-0.3, -0.25) is 14.6 Å². The summed E-state index contributed by atoms with van der Waals surface area (Å²) >= 11 is 0. The summed E-state index contributed by atoms with van der Waals surface area (Å²) in [7, 11) is 0. The molecule has 1 amide bonds. The Morgan fingerprint density at radius 2 is 1.71 bits per heavy atom. The fourth-order valence-corrected chi connectivity index (χ4v) is 6.98. The van der Waals surface area contributed by atoms with Crippen LogP contribution in [0.1, 0.15) is 78.1 Å². The fraction of sp³-hybridized carbons (Fsp3) is 0.633. The monoisotopic (exact) mass is 631 g/mol. The number of benzene rings is 1. The SMILES string of the molecule is CCO[C@H]1Cc2cc(C(F)(F)F)ccc2[C@H]1N1CCN(C2(C)CCN(C(=O)c3c(C)ncnc3C)CC2)CC1C.Cl.Cl. The molecule has 3 aliphatic rings. The molecular formula is C30H42Cl2F3N5O2. The van der Waals surface area contributed by atoms with Gasteiger partial charge in [0.15, 0.2) is 0 Å². The van der Waals surface area contributed by atoms with Crippen LogP contribution in [0.2, 0.25) is 0 Å². The molecule has 1 aliphatic carbocycles. The van der Waals surface area contributed by atoms with E-state index in [1.54, 1.807) is 6.07 Å². The molecule has 7 nitrogen and oxygen atoms in total. The Kier molecular flexibility index (Phi) is 11.0. The molecule has 3 heterocycles. The van der Waals surface area contributed by atoms with Crippen LogP contribution in [0.15, 0.2) is 24.5 Å². The van der Waals surface area contributed by atoms with Gasteiger partial charge in [-0.15, -0.1) is 24.8 Å². The predicted octanol–water partition coefficient (Wildman–Crippen LogP) is 5.66. The number of aromatic nitrogens is 2. The summed E-state index contributed by atoms with van der Waals surface area (Å²) in [6.07, 6.45) is -0.754. The molecule has 5 rings (SSSR count). The number of ether oxygens (including phenoxy) is 1. The van der Waals surface area contributed by atoms with Gasteiger partial charge in [0.25, 0.3) is 5.91 Å². The number of carbonyl (C=O) groups is 1. The molecular weight excluding hydrogens is 590 g/mol. The molecule has 0 radical (unpaired) electrons. The van der Waals surface area contributed by atoms with E-state index in [1.165, 1.54) is 18.5 Å². The van der Waals surface area contributed by atoms with Gasteiger partial charge in [-0.05, 0) is 70.7 Å². The predicted molar refractivity (Wildman–Crippen MR) is 161 cm³/mol. The molecule has 234 valence electrons. The number of rotatable bonds is 5. The van der Waals surface area contributed by atoms with E-state index in [0.717, 1.165) is 43.6 Å². The summed E-state index contributed by atoms with van der Waals surface area (Å²) in [5, 5.41) is 0. The van der Waals surface area contributed by atoms with Crippen LogP contribution in [0.5, 0.6) is 0 Å². The number of hydrogen-bond donors (Lipinski definition) is 0. The maximum Gasteiger partial charge on any atom is 0.416 e. The Hall–Kier alpha value is -1.98. The highest BCUT2D eigenvalue weighted by atomic mass is 35.5. The van der Waals surface area contributed by atoms with Crippen LogP contribution >= 0.6 is 24.8 Å². The highest BCUT2D eigenvalue weighted by Gasteiger charge is 2.45. The maximum absolute atomic E-state index is 13.4. The van der Waals surface area contributed by atoms with Crippen molar-refractivity contribution in [3.05, 3.63) is 58.2 Å². The Labute approximate surface area is 259 Å². The molecule has 0 spiro atoms. The van der Waals surface area contributed by atoms with Crippen molar-refractivity contribution in [3.63, 3.8) is 0 Å². The second-order valence-corrected chi connectivity index (χ2v) is 11.8. The van der Waals surface area contributed by atoms with Crippen LogP contribution in [0.25, 0.3) is 0 Å². The van der Waals surface area contributed by atoms with E-state index in [-0.39, 0.29) is 54.4 Å². The maximum atomic E-state index is 13.4. The third kappa shape index (κ3) is 6.58. The van der Waals surface area contributed by atoms with E-state index >= 15 is 0 Å². The first-order chi connectivity index (χ1) is 18.9. The number of carbonyl (C=O) groups excluding carboxylic acids is 1. The minimum absolute atomic E-state index is 0. The summed E-state index contributed by atoms with van der Waals surface area (Å²) in [6, 6.07) is 4.33. The van der Waals surface area contributed by atoms with E-state index in [0.29, 0.717) is 43.1 Å². The zero-order chi connectivity index (χ0) is 28.8. The Morgan fingerprint density at radius 3 is 2.29 bits per heavy atom. The third-order valence-corrected chi connectivity index (χ3v) is 9.31. The van der Waals surface area contributed by atoms with Gasteiger partial charge in [0.05, 0.1) is 34.7 Å². The second kappa shape index (κ2) is 13.3. The molecule has 0 saturated carbocycles. The summed E-state index contributed by atoms with van der Waals surface area (Å²) in [5.74, 6) is 0.00591. The number of amides is 1. The fourth-order valence-electron chi connectivity index (χ4n) is 6.98. The lowest BCUT2D eigenvalue weighted by Gasteiger charge is -2.53. The molecule has 12 heteroatoms. The lowest BCUT2D eigenvalue weighted by molar-refractivity contribution is -0.137. The molecule has 2 fully saturated rings. The van der Waals surface area contributed by atoms with Crippen LogP contribution in [0.3, 0.4) is 0 Å². The average Bonchev–Trinajstić information content (AvgIpc) is 3.25. The van der Waals surface area contributed by atoms with Crippen molar-refractivity contribution in [3.8, 4) is 0 Å². The second-order valence-electron chi connectivity index (χ2n) is 11.8. The zero-order valence-electron chi connectivity index (χ0n) is 24.9. The third-order valence-electron chi connectivity index (χ3n) is 9.31. The summed E-state index contributed by atoms with van der Waals surface area (Å²) in [4.78, 5) is 28.6. The molecule has 2 aromatic rings. The van der Waals surface area contributed by atoms with E-state index < -0.39 is 11.7 Å². The van der Waals surface area contributed by atoms with Crippen molar-refractivity contribution in [2.24, 2.45) is 0 Å². The van der Waals surface area contributed by atoms with Crippen molar-refractivity contribution >= 4 is 30.7 Å². The number of fused-ring (bicyclic) bond motifs is 1. The highest BCUT2D eigenvalue weighted by molar-refractivity contribution is 5.96. The molecule has 0 bridgehead atoms. The molecule has 1 unspecified atom stereocenters. The van der Waals surface area contributed by atoms with Crippen molar-refractivity contribution in [1.82, 2.24) is 24.7 Å². The lowest BCUT2D eigenvalue weighted by atomic mass is 9.86. The smallest absolute Gasteiger partial charge is 0.376 e. The Bertz CT molecular complexity index is 1240. The van der Waals surface area contributed by atoms with Gasteiger partial charge in [0.1, 0.15) is 6.33 Å². The van der Waals surface area contributed by atoms with Gasteiger partial charge in [-0.2, -0.15) is 13.2 Å². The van der Waals surface area contributed by atoms with Crippen molar-refractivity contribution in [2.75, 3.05) is 39.3 Å². The molecule has 1 aromatic carbocycles. The molecule has 2 aliphatic heterocycles. The topological polar surface area (TPSA) is 61.8 Å². The van der Waals surface area contributed by atoms with Gasteiger partial charge in [-0.1, -0.05) is 6.07 Å². The summed E-state index contributed by atoms with van der Waals surface area (Å²) in [6.45, 7) is 14.6. The number of hydrogen-bond acceptors (Lipinski definition) is 6. The van der Waals surface area contributed by atoms with Crippen molar-refractivity contribution in [1.29, 1.82) is 0 Å². The first-order valence-corrected chi connectivity index (χ1v) is 14.3. The number of aryl methyl sites for hydroxylation is 2. The highest BCUT2D eigenvalue weighted by Crippen LogP contribution is 2.43. The van der Waals surface area contributed by atoms with Crippen LogP contribution in [0, 0.1) is 13.8 Å². The normalized spacial score (nSPS) is 24.5. The van der Waals surface area contributed by atoms with Gasteiger partial charge < -0.3 is 9.64 Å². The molecule has 3 atom stereocenters. The number of alkyl halides is 3. The van der Waals surface area contributed by atoms with E-state index in [1.807, 2.05) is 25.7 Å². The first-order valence-electron chi connectivity index (χ1n) is 14.3. The molecule has 0 N–H and O–H groups in total.